The Kier molecular flexibility index (Phi) is 25.9. The molecule has 3 spiro atoms. The van der Waals surface area contributed by atoms with Crippen molar-refractivity contribution in [1.29, 1.82) is 0 Å². The van der Waals surface area contributed by atoms with E-state index in [0.717, 1.165) is 197 Å². The standard InChI is InChI=1S/C41H43N7O3.C40H41N7O3.C30H32N4O2/c1-27(2)51-36-11-9-33(24-42-36)38-35-20-34(10-8-32(35)23-43-38)48-19-15-41(40(48)50)14-18-46(26-41)25-37(49)47-16-12-30(13-17-47)29-4-6-31(7-5-29)39-44-21-28(3)22-45-39;1-27(2)50-35-11-9-32(24-43-35)37-34-22-33(10-8-31(34)23-44-37)47-21-15-40(39(47)49)14-20-45(26-40)25-36(48)46-18-12-29(13-19-46)28-4-6-30(7-5-28)38-41-16-3-17-42-38;1-21(2)36-27-11-9-24(18-31-27)28-26-16-25(10-8-23(26)17-32-28)34-15-13-30(29(34)35)12-14-33(20-30)19-22-6-4-3-5-7-22/h4-12,20-22,24,27H,13-19,23,25-26H2,1-3H3;3-12,16-17,22,24,27H,13-15,18-21,23,25-26H2,1-2H3;3-11,16,18,21H,12-15,17,19-20H2,1-2H3/t41-;40-;/m00./s1. The number of anilines is 3. The number of carbonyl (C=O) groups is 5. The van der Waals surface area contributed by atoms with Crippen LogP contribution in [0, 0.1) is 23.2 Å². The number of fused-ring (bicyclic) bond motifs is 3. The Labute approximate surface area is 800 Å². The SMILES string of the molecule is CC(C)Oc1ccc(C2=NCc3ccc(N4CCC5(CCN(Cc6ccccc6)C5)C4=O)cc32)cn1.CC(C)Oc1ccc(C2=NCc3ccc(N4CC[C@]5(CCN(CC(=O)N6CC=C(c7ccc(-c8ncccn8)cc7)CC6)C5)C4=O)cc32)cn1.Cc1cnc(-c2ccc(C3=CCN(C(=O)CN4CC[C@]5(CCN(c6ccc7c(c6)C(c6ccc(OC(C)C)nc6)=NC7)C5=O)C4)CC3)cc2)nc1. The predicted octanol–water partition coefficient (Wildman–Crippen LogP) is 16.0. The fourth-order valence-corrected chi connectivity index (χ4v) is 21.3. The highest BCUT2D eigenvalue weighted by Crippen LogP contribution is 2.48. The number of aromatic nitrogens is 7. The Bertz CT molecular complexity index is 6530. The van der Waals surface area contributed by atoms with Gasteiger partial charge in [-0.15, -0.1) is 0 Å². The molecule has 3 atom stereocenters. The van der Waals surface area contributed by atoms with Crippen LogP contribution in [0.25, 0.3) is 33.9 Å². The minimum Gasteiger partial charge on any atom is -0.475 e. The molecule has 5 amide bonds. The molecule has 22 rings (SSSR count). The van der Waals surface area contributed by atoms with Crippen molar-refractivity contribution in [3.63, 3.8) is 0 Å². The summed E-state index contributed by atoms with van der Waals surface area (Å²) >= 11 is 0. The fraction of sp³-hybridized carbons (Fsp3) is 0.360. The lowest BCUT2D eigenvalue weighted by Crippen LogP contribution is -2.43. The summed E-state index contributed by atoms with van der Waals surface area (Å²) in [6.45, 7) is 26.6. The van der Waals surface area contributed by atoms with Crippen LogP contribution in [0.15, 0.2) is 246 Å². The average molecular weight is 1830 g/mol. The molecule has 0 saturated carbocycles. The maximum Gasteiger partial charge on any atom is 0.237 e. The van der Waals surface area contributed by atoms with Crippen LogP contribution in [0.5, 0.6) is 17.6 Å². The van der Waals surface area contributed by atoms with Crippen molar-refractivity contribution in [3.05, 3.63) is 304 Å². The highest BCUT2D eigenvalue weighted by Gasteiger charge is 2.54. The van der Waals surface area contributed by atoms with Crippen molar-refractivity contribution in [2.45, 2.75) is 144 Å². The molecule has 26 nitrogen and oxygen atoms in total. The van der Waals surface area contributed by atoms with Gasteiger partial charge >= 0.3 is 0 Å². The van der Waals surface area contributed by atoms with Crippen molar-refractivity contribution in [1.82, 2.24) is 59.4 Å². The van der Waals surface area contributed by atoms with E-state index >= 15 is 0 Å². The molecular formula is C111H116N18O8. The molecule has 1 unspecified atom stereocenters. The molecule has 6 aromatic carbocycles. The Balaban J connectivity index is 0.000000129. The van der Waals surface area contributed by atoms with Crippen molar-refractivity contribution >= 4 is 74.9 Å². The number of likely N-dealkylation sites (tertiary alicyclic amines) is 3. The molecule has 0 N–H and O–H groups in total. The van der Waals surface area contributed by atoms with E-state index < -0.39 is 10.8 Å². The van der Waals surface area contributed by atoms with Gasteiger partial charge in [0.15, 0.2) is 11.6 Å². The number of hydrogen-bond acceptors (Lipinski definition) is 21. The number of aliphatic imine (C=N–C) groups is 3. The first-order valence-electron chi connectivity index (χ1n) is 48.4. The summed E-state index contributed by atoms with van der Waals surface area (Å²) in [4.78, 5) is 131. The van der Waals surface area contributed by atoms with Crippen LogP contribution in [0.1, 0.15) is 165 Å². The lowest BCUT2D eigenvalue weighted by atomic mass is 9.85. The van der Waals surface area contributed by atoms with Gasteiger partial charge in [-0.2, -0.15) is 0 Å². The molecule has 6 saturated heterocycles. The van der Waals surface area contributed by atoms with Crippen LogP contribution in [-0.2, 0) is 50.2 Å². The summed E-state index contributed by atoms with van der Waals surface area (Å²) in [6, 6.07) is 59.5. The molecule has 0 radical (unpaired) electrons. The highest BCUT2D eigenvalue weighted by atomic mass is 16.5. The Hall–Kier alpha value is -14.0. The van der Waals surface area contributed by atoms with Crippen LogP contribution in [0.3, 0.4) is 0 Å². The molecule has 0 bridgehead atoms. The van der Waals surface area contributed by atoms with Crippen molar-refractivity contribution in [3.8, 4) is 40.4 Å². The normalized spacial score (nSPS) is 20.6. The van der Waals surface area contributed by atoms with Gasteiger partial charge in [0.1, 0.15) is 0 Å². The number of rotatable bonds is 22. The van der Waals surface area contributed by atoms with Gasteiger partial charge in [-0.1, -0.05) is 109 Å². The Morgan fingerprint density at radius 2 is 0.715 bits per heavy atom. The maximum atomic E-state index is 14.1. The molecular weight excluding hydrogens is 1710 g/mol. The molecule has 11 aromatic rings. The number of carbonyl (C=O) groups excluding carboxylic acids is 5. The number of aryl methyl sites for hydroxylation is 1. The van der Waals surface area contributed by atoms with Crippen molar-refractivity contribution in [2.75, 3.05) is 113 Å². The molecule has 6 fully saturated rings. The van der Waals surface area contributed by atoms with Crippen LogP contribution in [-0.4, -0.2) is 223 Å². The van der Waals surface area contributed by atoms with E-state index in [0.29, 0.717) is 109 Å². The van der Waals surface area contributed by atoms with E-state index in [1.807, 2.05) is 165 Å². The van der Waals surface area contributed by atoms with Gasteiger partial charge < -0.3 is 38.7 Å². The quantitative estimate of drug-likeness (QED) is 0.0610. The van der Waals surface area contributed by atoms with Crippen molar-refractivity contribution < 1.29 is 38.2 Å². The zero-order chi connectivity index (χ0) is 94.1. The third-order valence-electron chi connectivity index (χ3n) is 28.6. The number of ether oxygens (including phenoxy) is 3. The second-order valence-corrected chi connectivity index (χ2v) is 39.0. The summed E-state index contributed by atoms with van der Waals surface area (Å²) in [5, 5.41) is 0. The Morgan fingerprint density at radius 3 is 1.07 bits per heavy atom. The lowest BCUT2D eigenvalue weighted by Gasteiger charge is -2.29. The van der Waals surface area contributed by atoms with Crippen LogP contribution in [0.2, 0.25) is 0 Å². The monoisotopic (exact) mass is 1830 g/mol. The molecule has 11 aliphatic rings. The Morgan fingerprint density at radius 1 is 0.365 bits per heavy atom. The van der Waals surface area contributed by atoms with E-state index in [2.05, 4.69) is 177 Å². The molecule has 11 aliphatic heterocycles. The molecule has 26 heteroatoms. The zero-order valence-electron chi connectivity index (χ0n) is 79.1. The number of pyridine rings is 3. The molecule has 0 aliphatic carbocycles. The van der Waals surface area contributed by atoms with E-state index in [4.69, 9.17) is 29.2 Å². The molecule has 698 valence electrons. The van der Waals surface area contributed by atoms with Gasteiger partial charge in [0.25, 0.3) is 0 Å². The fourth-order valence-electron chi connectivity index (χ4n) is 21.3. The number of benzene rings is 6. The van der Waals surface area contributed by atoms with E-state index in [-0.39, 0.29) is 53.3 Å². The molecule has 16 heterocycles. The molecule has 137 heavy (non-hydrogen) atoms. The predicted molar refractivity (Wildman–Crippen MR) is 532 cm³/mol. The second-order valence-electron chi connectivity index (χ2n) is 39.0. The summed E-state index contributed by atoms with van der Waals surface area (Å²) in [6.07, 6.45) is 23.7. The minimum atomic E-state index is -0.447. The largest absolute Gasteiger partial charge is 0.475 e. The first-order chi connectivity index (χ1) is 66.6. The molecule has 5 aromatic heterocycles. The van der Waals surface area contributed by atoms with Crippen molar-refractivity contribution in [2.24, 2.45) is 31.2 Å². The first kappa shape index (κ1) is 90.8. The number of hydrogen-bond donors (Lipinski definition) is 0. The minimum absolute atomic E-state index is 0.0574. The van der Waals surface area contributed by atoms with Gasteiger partial charge in [-0.05, 0) is 230 Å². The summed E-state index contributed by atoms with van der Waals surface area (Å²) < 4.78 is 17.1. The van der Waals surface area contributed by atoms with E-state index in [1.165, 1.54) is 27.8 Å². The van der Waals surface area contributed by atoms with E-state index in [1.54, 1.807) is 12.4 Å². The number of amides is 5. The highest BCUT2D eigenvalue weighted by molar-refractivity contribution is 6.18. The summed E-state index contributed by atoms with van der Waals surface area (Å²) in [7, 11) is 0. The number of nitrogens with zero attached hydrogens (tertiary/aromatic N) is 18. The van der Waals surface area contributed by atoms with Gasteiger partial charge in [0.05, 0.1) is 84.4 Å². The lowest BCUT2D eigenvalue weighted by molar-refractivity contribution is -0.133. The first-order valence-corrected chi connectivity index (χ1v) is 48.4. The van der Waals surface area contributed by atoms with Crippen LogP contribution in [0.4, 0.5) is 17.1 Å². The van der Waals surface area contributed by atoms with Crippen LogP contribution < -0.4 is 28.9 Å². The third-order valence-corrected chi connectivity index (χ3v) is 28.6. The average Bonchev–Trinajstić information content (AvgIpc) is 1.61. The third kappa shape index (κ3) is 19.4. The van der Waals surface area contributed by atoms with Crippen LogP contribution >= 0.6 is 0 Å². The second kappa shape index (κ2) is 39.0. The van der Waals surface area contributed by atoms with Gasteiger partial charge in [-0.25, -0.2) is 34.9 Å². The summed E-state index contributed by atoms with van der Waals surface area (Å²) in [5.74, 6) is 4.08. The zero-order valence-corrected chi connectivity index (χ0v) is 79.1. The summed E-state index contributed by atoms with van der Waals surface area (Å²) in [5.41, 5.74) is 23.0. The smallest absolute Gasteiger partial charge is 0.237 e. The van der Waals surface area contributed by atoms with Gasteiger partial charge in [0.2, 0.25) is 47.2 Å². The van der Waals surface area contributed by atoms with Gasteiger partial charge in [-0.3, -0.25) is 53.6 Å². The topological polar surface area (TPSA) is 266 Å². The maximum absolute atomic E-state index is 14.1. The van der Waals surface area contributed by atoms with Gasteiger partial charge in [0, 0.05) is 195 Å². The van der Waals surface area contributed by atoms with E-state index in [9.17, 15) is 24.0 Å².